The van der Waals surface area contributed by atoms with Gasteiger partial charge in [-0.1, -0.05) is 38.1 Å². The third-order valence-corrected chi connectivity index (χ3v) is 5.73. The molecule has 0 unspecified atom stereocenters. The number of anilines is 2. The van der Waals surface area contributed by atoms with E-state index in [0.29, 0.717) is 19.4 Å². The molecule has 0 aliphatic carbocycles. The molecule has 2 rings (SSSR count). The van der Waals surface area contributed by atoms with Crippen LogP contribution in [-0.4, -0.2) is 45.2 Å². The van der Waals surface area contributed by atoms with E-state index < -0.39 is 20.8 Å². The molecule has 0 saturated heterocycles. The number of nitrogens with two attached hydrogens (primary N) is 1. The van der Waals surface area contributed by atoms with Gasteiger partial charge in [-0.2, -0.15) is 8.42 Å². The van der Waals surface area contributed by atoms with E-state index >= 15 is 0 Å². The van der Waals surface area contributed by atoms with Crippen LogP contribution in [0.4, 0.5) is 11.4 Å². The summed E-state index contributed by atoms with van der Waals surface area (Å²) in [6.07, 6.45) is 0.585. The van der Waals surface area contributed by atoms with Gasteiger partial charge in [0.1, 0.15) is 4.90 Å². The van der Waals surface area contributed by atoms with Gasteiger partial charge in [-0.15, -0.1) is 0 Å². The lowest BCUT2D eigenvalue weighted by Gasteiger charge is -2.27. The standard InChI is InChI=1S/C21H27N3O5S/c1-13-18(20(26)15-8-6-5-7-14(15)10-25)16(24-12-21(2,3)11-23-4)9-17(19(13)22)30(27,28)29/h5-10,23-24H,11-12,22H2,1-4H3,(H,27,28,29). The van der Waals surface area contributed by atoms with E-state index in [4.69, 9.17) is 5.73 Å². The zero-order valence-electron chi connectivity index (χ0n) is 17.4. The van der Waals surface area contributed by atoms with E-state index in [1.807, 2.05) is 20.9 Å². The second-order valence-corrected chi connectivity index (χ2v) is 9.28. The fourth-order valence-electron chi connectivity index (χ4n) is 3.26. The molecule has 0 amide bonds. The van der Waals surface area contributed by atoms with Crippen LogP contribution in [0.2, 0.25) is 0 Å². The molecule has 0 fully saturated rings. The maximum atomic E-state index is 13.4. The van der Waals surface area contributed by atoms with Gasteiger partial charge in [0.15, 0.2) is 12.1 Å². The fraction of sp³-hybridized carbons (Fsp3) is 0.333. The molecular weight excluding hydrogens is 406 g/mol. The minimum absolute atomic E-state index is 0.148. The van der Waals surface area contributed by atoms with Crippen molar-refractivity contribution in [2.45, 2.75) is 25.7 Å². The van der Waals surface area contributed by atoms with E-state index in [2.05, 4.69) is 10.6 Å². The largest absolute Gasteiger partial charge is 0.397 e. The SMILES string of the molecule is CNCC(C)(C)CNc1cc(S(=O)(=O)O)c(N)c(C)c1C(=O)c1ccccc1C=O. The van der Waals surface area contributed by atoms with Crippen molar-refractivity contribution in [2.24, 2.45) is 5.41 Å². The highest BCUT2D eigenvalue weighted by Crippen LogP contribution is 2.34. The van der Waals surface area contributed by atoms with Crippen molar-refractivity contribution >= 4 is 33.6 Å². The zero-order chi connectivity index (χ0) is 22.7. The average Bonchev–Trinajstić information content (AvgIpc) is 2.67. The first-order chi connectivity index (χ1) is 13.9. The number of carbonyl (C=O) groups excluding carboxylic acids is 2. The zero-order valence-corrected chi connectivity index (χ0v) is 18.3. The minimum atomic E-state index is -4.61. The van der Waals surface area contributed by atoms with Crippen LogP contribution in [-0.2, 0) is 10.1 Å². The third kappa shape index (κ3) is 5.05. The molecule has 2 aromatic rings. The Morgan fingerprint density at radius 2 is 1.87 bits per heavy atom. The molecule has 0 aliphatic heterocycles. The highest BCUT2D eigenvalue weighted by Gasteiger charge is 2.27. The van der Waals surface area contributed by atoms with Crippen molar-refractivity contribution in [2.75, 3.05) is 31.2 Å². The molecule has 162 valence electrons. The van der Waals surface area contributed by atoms with Gasteiger partial charge in [0, 0.05) is 29.9 Å². The highest BCUT2D eigenvalue weighted by molar-refractivity contribution is 7.86. The molecule has 0 atom stereocenters. The summed E-state index contributed by atoms with van der Waals surface area (Å²) in [6.45, 7) is 6.56. The Balaban J connectivity index is 2.69. The number of ketones is 1. The van der Waals surface area contributed by atoms with E-state index in [-0.39, 0.29) is 39.0 Å². The van der Waals surface area contributed by atoms with Crippen LogP contribution >= 0.6 is 0 Å². The predicted octanol–water partition coefficient (Wildman–Crippen LogP) is 2.52. The van der Waals surface area contributed by atoms with Gasteiger partial charge in [0.2, 0.25) is 0 Å². The van der Waals surface area contributed by atoms with E-state index in [1.165, 1.54) is 19.1 Å². The van der Waals surface area contributed by atoms with Crippen molar-refractivity contribution in [3.63, 3.8) is 0 Å². The third-order valence-electron chi connectivity index (χ3n) is 4.84. The monoisotopic (exact) mass is 433 g/mol. The predicted molar refractivity (Wildman–Crippen MR) is 117 cm³/mol. The molecule has 30 heavy (non-hydrogen) atoms. The van der Waals surface area contributed by atoms with Crippen LogP contribution in [0.5, 0.6) is 0 Å². The van der Waals surface area contributed by atoms with Gasteiger partial charge in [-0.3, -0.25) is 14.1 Å². The van der Waals surface area contributed by atoms with Gasteiger partial charge in [-0.25, -0.2) is 0 Å². The summed E-state index contributed by atoms with van der Waals surface area (Å²) in [7, 11) is -2.79. The molecule has 0 spiro atoms. The molecule has 8 nitrogen and oxygen atoms in total. The summed E-state index contributed by atoms with van der Waals surface area (Å²) < 4.78 is 33.2. The van der Waals surface area contributed by atoms with Crippen molar-refractivity contribution < 1.29 is 22.6 Å². The van der Waals surface area contributed by atoms with Crippen LogP contribution in [0.15, 0.2) is 35.2 Å². The topological polar surface area (TPSA) is 139 Å². The summed E-state index contributed by atoms with van der Waals surface area (Å²) in [5.74, 6) is -0.474. The lowest BCUT2D eigenvalue weighted by atomic mass is 9.91. The lowest BCUT2D eigenvalue weighted by Crippen LogP contribution is -2.33. The first-order valence-electron chi connectivity index (χ1n) is 9.31. The molecule has 9 heteroatoms. The Labute approximate surface area is 176 Å². The molecular formula is C21H27N3O5S. The number of benzene rings is 2. The number of carbonyl (C=O) groups is 2. The fourth-order valence-corrected chi connectivity index (χ4v) is 3.96. The number of hydrogen-bond acceptors (Lipinski definition) is 7. The van der Waals surface area contributed by atoms with Crippen LogP contribution in [0.3, 0.4) is 0 Å². The van der Waals surface area contributed by atoms with Gasteiger partial charge >= 0.3 is 0 Å². The Kier molecular flexibility index (Phi) is 7.02. The van der Waals surface area contributed by atoms with Crippen molar-refractivity contribution in [3.8, 4) is 0 Å². The van der Waals surface area contributed by atoms with Crippen LogP contribution in [0, 0.1) is 12.3 Å². The summed E-state index contributed by atoms with van der Waals surface area (Å²) in [6, 6.07) is 7.47. The Morgan fingerprint density at radius 3 is 2.43 bits per heavy atom. The molecule has 0 heterocycles. The van der Waals surface area contributed by atoms with Crippen LogP contribution in [0.25, 0.3) is 0 Å². The summed E-state index contributed by atoms with van der Waals surface area (Å²) in [4.78, 5) is 24.3. The molecule has 0 saturated carbocycles. The summed E-state index contributed by atoms with van der Waals surface area (Å²) >= 11 is 0. The van der Waals surface area contributed by atoms with Gasteiger partial charge in [-0.05, 0) is 31.0 Å². The van der Waals surface area contributed by atoms with Gasteiger partial charge in [0.05, 0.1) is 11.3 Å². The van der Waals surface area contributed by atoms with Gasteiger partial charge < -0.3 is 16.4 Å². The van der Waals surface area contributed by atoms with Crippen molar-refractivity contribution in [1.82, 2.24) is 5.32 Å². The quantitative estimate of drug-likeness (QED) is 0.205. The Bertz CT molecular complexity index is 1080. The number of nitrogens with one attached hydrogen (secondary N) is 2. The van der Waals surface area contributed by atoms with E-state index in [0.717, 1.165) is 6.07 Å². The van der Waals surface area contributed by atoms with Gasteiger partial charge in [0.25, 0.3) is 10.1 Å². The van der Waals surface area contributed by atoms with E-state index in [9.17, 15) is 22.6 Å². The number of aldehydes is 1. The highest BCUT2D eigenvalue weighted by atomic mass is 32.2. The number of rotatable bonds is 9. The molecule has 0 aromatic heterocycles. The molecule has 0 radical (unpaired) electrons. The Morgan fingerprint density at radius 1 is 1.23 bits per heavy atom. The first-order valence-corrected chi connectivity index (χ1v) is 10.7. The molecule has 2 aromatic carbocycles. The minimum Gasteiger partial charge on any atom is -0.397 e. The maximum absolute atomic E-state index is 13.4. The second kappa shape index (κ2) is 8.95. The van der Waals surface area contributed by atoms with Crippen LogP contribution in [0.1, 0.15) is 45.7 Å². The maximum Gasteiger partial charge on any atom is 0.296 e. The normalized spacial score (nSPS) is 11.9. The summed E-state index contributed by atoms with van der Waals surface area (Å²) in [5.41, 5.74) is 6.45. The first kappa shape index (κ1) is 23.5. The molecule has 0 aliphatic rings. The lowest BCUT2D eigenvalue weighted by molar-refractivity contribution is 0.102. The van der Waals surface area contributed by atoms with Crippen molar-refractivity contribution in [1.29, 1.82) is 0 Å². The summed E-state index contributed by atoms with van der Waals surface area (Å²) in [5, 5.41) is 6.20. The average molecular weight is 434 g/mol. The van der Waals surface area contributed by atoms with E-state index in [1.54, 1.807) is 12.1 Å². The number of hydrogen-bond donors (Lipinski definition) is 4. The molecule has 5 N–H and O–H groups in total. The molecule has 0 bridgehead atoms. The second-order valence-electron chi connectivity index (χ2n) is 7.89. The Hall–Kier alpha value is -2.75. The van der Waals surface area contributed by atoms with Crippen LogP contribution < -0.4 is 16.4 Å². The number of nitrogen functional groups attached to an aromatic ring is 1. The van der Waals surface area contributed by atoms with Crippen molar-refractivity contribution in [3.05, 3.63) is 52.6 Å². The smallest absolute Gasteiger partial charge is 0.296 e.